The van der Waals surface area contributed by atoms with E-state index in [0.717, 1.165) is 31.0 Å². The van der Waals surface area contributed by atoms with Gasteiger partial charge in [0.2, 0.25) is 11.8 Å². The summed E-state index contributed by atoms with van der Waals surface area (Å²) in [5, 5.41) is 6.25. The molecule has 0 spiro atoms. The molecule has 4 fully saturated rings. The van der Waals surface area contributed by atoms with E-state index in [-0.39, 0.29) is 34.4 Å². The zero-order valence-electron chi connectivity index (χ0n) is 17.7. The Kier molecular flexibility index (Phi) is 5.44. The maximum absolute atomic E-state index is 13.3. The Bertz CT molecular complexity index is 1080. The quantitative estimate of drug-likeness (QED) is 0.392. The number of benzene rings is 1. The molecule has 8 nitrogen and oxygen atoms in total. The number of aromatic nitrogens is 2. The van der Waals surface area contributed by atoms with Crippen molar-refractivity contribution >= 4 is 40.8 Å². The standard InChI is InChI=1S/C23H27N5O3S/c24-18-8-19(29)28-22(27-18)32-12-20(30)25-16-2-1-3-17(7-16)26-21(31)23-9-13-4-14(10-23)6-15(5-13)11-23/h1-3,7-8,13-15H,4-6,9-12H2,(H,25,30)(H,26,31)(H3,24,27,28,29). The fourth-order valence-corrected chi connectivity index (χ4v) is 6.86. The molecule has 0 unspecified atom stereocenters. The second-order valence-electron chi connectivity index (χ2n) is 9.55. The summed E-state index contributed by atoms with van der Waals surface area (Å²) in [6.45, 7) is 0. The summed E-state index contributed by atoms with van der Waals surface area (Å²) in [7, 11) is 0. The fourth-order valence-electron chi connectivity index (χ4n) is 6.18. The fraction of sp³-hybridized carbons (Fsp3) is 0.478. The van der Waals surface area contributed by atoms with Gasteiger partial charge < -0.3 is 21.4 Å². The lowest BCUT2D eigenvalue weighted by Crippen LogP contribution is -2.51. The third kappa shape index (κ3) is 4.39. The molecule has 1 aromatic carbocycles. The van der Waals surface area contributed by atoms with Gasteiger partial charge in [-0.1, -0.05) is 17.8 Å². The van der Waals surface area contributed by atoms with Crippen LogP contribution in [-0.4, -0.2) is 27.5 Å². The van der Waals surface area contributed by atoms with Crippen molar-refractivity contribution in [2.45, 2.75) is 43.7 Å². The largest absolute Gasteiger partial charge is 0.383 e. The van der Waals surface area contributed by atoms with Gasteiger partial charge >= 0.3 is 0 Å². The Morgan fingerprint density at radius 2 is 1.69 bits per heavy atom. The molecule has 0 saturated heterocycles. The van der Waals surface area contributed by atoms with Gasteiger partial charge in [0.15, 0.2) is 5.16 Å². The maximum atomic E-state index is 13.3. The van der Waals surface area contributed by atoms with E-state index < -0.39 is 0 Å². The van der Waals surface area contributed by atoms with Crippen molar-refractivity contribution in [2.24, 2.45) is 23.2 Å². The molecule has 9 heteroatoms. The Morgan fingerprint density at radius 1 is 1.06 bits per heavy atom. The van der Waals surface area contributed by atoms with Crippen molar-refractivity contribution in [3.05, 3.63) is 40.7 Å². The molecular weight excluding hydrogens is 426 g/mol. The number of nitrogen functional groups attached to an aromatic ring is 1. The number of amides is 2. The highest BCUT2D eigenvalue weighted by Crippen LogP contribution is 2.60. The number of nitrogens with zero attached hydrogens (tertiary/aromatic N) is 1. The average Bonchev–Trinajstić information content (AvgIpc) is 2.71. The first-order valence-corrected chi connectivity index (χ1v) is 12.1. The van der Waals surface area contributed by atoms with Gasteiger partial charge in [0.25, 0.3) is 5.56 Å². The van der Waals surface area contributed by atoms with Gasteiger partial charge in [0.1, 0.15) is 5.82 Å². The molecule has 0 radical (unpaired) electrons. The number of thioether (sulfide) groups is 1. The van der Waals surface area contributed by atoms with E-state index in [0.29, 0.717) is 34.3 Å². The molecule has 2 amide bonds. The van der Waals surface area contributed by atoms with Crippen LogP contribution in [0.3, 0.4) is 0 Å². The molecule has 4 saturated carbocycles. The molecule has 1 aromatic heterocycles. The first kappa shape index (κ1) is 21.1. The molecule has 4 aliphatic carbocycles. The minimum atomic E-state index is -0.358. The van der Waals surface area contributed by atoms with E-state index in [1.54, 1.807) is 12.1 Å². The number of aromatic amines is 1. The van der Waals surface area contributed by atoms with Crippen molar-refractivity contribution in [1.29, 1.82) is 0 Å². The van der Waals surface area contributed by atoms with Gasteiger partial charge in [0, 0.05) is 17.4 Å². The summed E-state index contributed by atoms with van der Waals surface area (Å²) in [5.74, 6) is 2.19. The molecule has 5 N–H and O–H groups in total. The average molecular weight is 454 g/mol. The minimum absolute atomic E-state index is 0.0657. The molecule has 4 aliphatic rings. The van der Waals surface area contributed by atoms with Crippen LogP contribution < -0.4 is 21.9 Å². The summed E-state index contributed by atoms with van der Waals surface area (Å²) < 4.78 is 0. The van der Waals surface area contributed by atoms with Crippen LogP contribution in [-0.2, 0) is 9.59 Å². The van der Waals surface area contributed by atoms with Crippen LogP contribution in [0.5, 0.6) is 0 Å². The van der Waals surface area contributed by atoms with E-state index in [2.05, 4.69) is 20.6 Å². The lowest BCUT2D eigenvalue weighted by molar-refractivity contribution is -0.140. The van der Waals surface area contributed by atoms with Crippen molar-refractivity contribution in [3.8, 4) is 0 Å². The van der Waals surface area contributed by atoms with E-state index in [1.807, 2.05) is 12.1 Å². The molecule has 6 rings (SSSR count). The summed E-state index contributed by atoms with van der Waals surface area (Å²) in [6, 6.07) is 8.41. The van der Waals surface area contributed by atoms with Crippen LogP contribution in [0.2, 0.25) is 0 Å². The van der Waals surface area contributed by atoms with Gasteiger partial charge in [-0.2, -0.15) is 0 Å². The maximum Gasteiger partial charge on any atom is 0.253 e. The number of nitrogens with two attached hydrogens (primary N) is 1. The second-order valence-corrected chi connectivity index (χ2v) is 10.5. The van der Waals surface area contributed by atoms with Crippen LogP contribution in [0.4, 0.5) is 17.2 Å². The molecule has 168 valence electrons. The van der Waals surface area contributed by atoms with Crippen molar-refractivity contribution in [3.63, 3.8) is 0 Å². The molecule has 0 atom stereocenters. The molecule has 32 heavy (non-hydrogen) atoms. The van der Waals surface area contributed by atoms with Crippen molar-refractivity contribution in [2.75, 3.05) is 22.1 Å². The number of anilines is 3. The van der Waals surface area contributed by atoms with Crippen molar-refractivity contribution < 1.29 is 9.59 Å². The van der Waals surface area contributed by atoms with Crippen LogP contribution in [0.1, 0.15) is 38.5 Å². The molecule has 2 aromatic rings. The molecule has 4 bridgehead atoms. The van der Waals surface area contributed by atoms with Crippen molar-refractivity contribution in [1.82, 2.24) is 9.97 Å². The second kappa shape index (κ2) is 8.27. The highest BCUT2D eigenvalue weighted by atomic mass is 32.2. The van der Waals surface area contributed by atoms with E-state index >= 15 is 0 Å². The van der Waals surface area contributed by atoms with Crippen LogP contribution in [0.25, 0.3) is 0 Å². The number of hydrogen-bond donors (Lipinski definition) is 4. The first-order valence-electron chi connectivity index (χ1n) is 11.1. The Hall–Kier alpha value is -2.81. The van der Waals surface area contributed by atoms with Gasteiger partial charge in [-0.3, -0.25) is 14.4 Å². The molecule has 1 heterocycles. The van der Waals surface area contributed by atoms with E-state index in [9.17, 15) is 14.4 Å². The third-order valence-electron chi connectivity index (χ3n) is 7.00. The minimum Gasteiger partial charge on any atom is -0.383 e. The Morgan fingerprint density at radius 3 is 2.31 bits per heavy atom. The molecule has 0 aliphatic heterocycles. The van der Waals surface area contributed by atoms with E-state index in [1.165, 1.54) is 25.3 Å². The predicted molar refractivity (Wildman–Crippen MR) is 124 cm³/mol. The number of hydrogen-bond acceptors (Lipinski definition) is 6. The Labute approximate surface area is 190 Å². The van der Waals surface area contributed by atoms with Gasteiger partial charge in [0.05, 0.1) is 11.2 Å². The van der Waals surface area contributed by atoms with Gasteiger partial charge in [-0.05, 0) is 74.5 Å². The number of carbonyl (C=O) groups excluding carboxylic acids is 2. The summed E-state index contributed by atoms with van der Waals surface area (Å²) in [4.78, 5) is 43.6. The topological polar surface area (TPSA) is 130 Å². The van der Waals surface area contributed by atoms with Crippen LogP contribution in [0, 0.1) is 23.2 Å². The first-order chi connectivity index (χ1) is 15.4. The zero-order chi connectivity index (χ0) is 22.3. The van der Waals surface area contributed by atoms with Crippen LogP contribution in [0.15, 0.2) is 40.3 Å². The summed E-state index contributed by atoms with van der Waals surface area (Å²) >= 11 is 1.09. The monoisotopic (exact) mass is 453 g/mol. The third-order valence-corrected chi connectivity index (χ3v) is 7.88. The predicted octanol–water partition coefficient (Wildman–Crippen LogP) is 3.24. The highest BCUT2D eigenvalue weighted by Gasteiger charge is 2.54. The van der Waals surface area contributed by atoms with Crippen LogP contribution >= 0.6 is 11.8 Å². The normalized spacial score (nSPS) is 27.8. The zero-order valence-corrected chi connectivity index (χ0v) is 18.5. The SMILES string of the molecule is Nc1cc(=O)[nH]c(SCC(=O)Nc2cccc(NC(=O)C34CC5CC(CC(C5)C3)C4)c2)n1. The van der Waals surface area contributed by atoms with Gasteiger partial charge in [-0.15, -0.1) is 0 Å². The smallest absolute Gasteiger partial charge is 0.253 e. The lowest BCUT2D eigenvalue weighted by Gasteiger charge is -2.55. The van der Waals surface area contributed by atoms with E-state index in [4.69, 9.17) is 5.73 Å². The molecular formula is C23H27N5O3S. The highest BCUT2D eigenvalue weighted by molar-refractivity contribution is 7.99. The number of nitrogens with one attached hydrogen (secondary N) is 3. The number of H-pyrrole nitrogens is 1. The number of carbonyl (C=O) groups is 2. The Balaban J connectivity index is 1.20. The summed E-state index contributed by atoms with van der Waals surface area (Å²) in [5.41, 5.74) is 6.28. The van der Waals surface area contributed by atoms with Gasteiger partial charge in [-0.25, -0.2) is 4.98 Å². The summed E-state index contributed by atoms with van der Waals surface area (Å²) in [6.07, 6.45) is 6.93. The number of rotatable bonds is 6. The lowest BCUT2D eigenvalue weighted by atomic mass is 9.49.